The van der Waals surface area contributed by atoms with Crippen LogP contribution in [0.15, 0.2) is 53.1 Å². The van der Waals surface area contributed by atoms with E-state index in [9.17, 15) is 4.79 Å². The Kier molecular flexibility index (Phi) is 5.44. The zero-order valence-electron chi connectivity index (χ0n) is 15.8. The maximum atomic E-state index is 12.9. The molecule has 1 aliphatic rings. The molecule has 1 atom stereocenters. The van der Waals surface area contributed by atoms with Crippen LogP contribution in [0.5, 0.6) is 0 Å². The number of rotatable bonds is 4. The standard InChI is InChI=1S/C22H22ClN3O2/c1-2-15-5-7-17(8-6-15)22(27)26-13-3-4-18(14-26)21-24-20(25-28-21)16-9-11-19(23)12-10-16/h5-12,18H,2-4,13-14H2,1H3/t18-/m0/s1. The van der Waals surface area contributed by atoms with Crippen LogP contribution in [0.4, 0.5) is 0 Å². The van der Waals surface area contributed by atoms with Crippen LogP contribution in [0.25, 0.3) is 11.4 Å². The minimum atomic E-state index is 0.0566. The van der Waals surface area contributed by atoms with Gasteiger partial charge < -0.3 is 9.42 Å². The van der Waals surface area contributed by atoms with Gasteiger partial charge in [0.1, 0.15) is 0 Å². The average Bonchev–Trinajstić information content (AvgIpc) is 3.24. The van der Waals surface area contributed by atoms with E-state index in [1.807, 2.05) is 41.3 Å². The zero-order valence-corrected chi connectivity index (χ0v) is 16.5. The number of likely N-dealkylation sites (tertiary alicyclic amines) is 1. The Hall–Kier alpha value is -2.66. The molecule has 2 heterocycles. The lowest BCUT2D eigenvalue weighted by molar-refractivity contribution is 0.0695. The van der Waals surface area contributed by atoms with Gasteiger partial charge in [0.05, 0.1) is 5.92 Å². The van der Waals surface area contributed by atoms with E-state index in [1.165, 1.54) is 5.56 Å². The Morgan fingerprint density at radius 2 is 1.93 bits per heavy atom. The summed E-state index contributed by atoms with van der Waals surface area (Å²) in [4.78, 5) is 19.3. The Bertz CT molecular complexity index is 951. The highest BCUT2D eigenvalue weighted by atomic mass is 35.5. The molecule has 28 heavy (non-hydrogen) atoms. The predicted octanol–water partition coefficient (Wildman–Crippen LogP) is 4.97. The molecule has 1 aliphatic heterocycles. The van der Waals surface area contributed by atoms with Crippen molar-refractivity contribution in [3.8, 4) is 11.4 Å². The molecule has 1 amide bonds. The number of hydrogen-bond donors (Lipinski definition) is 0. The third-order valence-electron chi connectivity index (χ3n) is 5.21. The van der Waals surface area contributed by atoms with Crippen LogP contribution >= 0.6 is 11.6 Å². The van der Waals surface area contributed by atoms with Crippen molar-refractivity contribution in [1.82, 2.24) is 15.0 Å². The lowest BCUT2D eigenvalue weighted by atomic mass is 9.97. The van der Waals surface area contributed by atoms with E-state index in [1.54, 1.807) is 12.1 Å². The summed E-state index contributed by atoms with van der Waals surface area (Å²) in [6.07, 6.45) is 2.82. The van der Waals surface area contributed by atoms with Gasteiger partial charge in [-0.3, -0.25) is 4.79 Å². The van der Waals surface area contributed by atoms with Gasteiger partial charge in [-0.25, -0.2) is 0 Å². The first-order chi connectivity index (χ1) is 13.6. The maximum Gasteiger partial charge on any atom is 0.253 e. The lowest BCUT2D eigenvalue weighted by Gasteiger charge is -2.31. The second kappa shape index (κ2) is 8.15. The molecule has 0 saturated carbocycles. The Balaban J connectivity index is 1.47. The van der Waals surface area contributed by atoms with Gasteiger partial charge in [0.25, 0.3) is 5.91 Å². The molecule has 0 aliphatic carbocycles. The first kappa shape index (κ1) is 18.7. The molecule has 0 N–H and O–H groups in total. The van der Waals surface area contributed by atoms with Crippen molar-refractivity contribution in [3.05, 3.63) is 70.6 Å². The number of aromatic nitrogens is 2. The topological polar surface area (TPSA) is 59.2 Å². The highest BCUT2D eigenvalue weighted by Gasteiger charge is 2.29. The van der Waals surface area contributed by atoms with E-state index in [2.05, 4.69) is 17.1 Å². The number of nitrogens with zero attached hydrogens (tertiary/aromatic N) is 3. The van der Waals surface area contributed by atoms with Crippen LogP contribution in [0.1, 0.15) is 47.5 Å². The minimum Gasteiger partial charge on any atom is -0.339 e. The summed E-state index contributed by atoms with van der Waals surface area (Å²) in [5.74, 6) is 1.25. The molecule has 144 valence electrons. The largest absolute Gasteiger partial charge is 0.339 e. The summed E-state index contributed by atoms with van der Waals surface area (Å²) < 4.78 is 5.52. The zero-order chi connectivity index (χ0) is 19.5. The summed E-state index contributed by atoms with van der Waals surface area (Å²) >= 11 is 5.94. The van der Waals surface area contributed by atoms with Gasteiger partial charge in [-0.05, 0) is 61.2 Å². The molecule has 2 aromatic carbocycles. The van der Waals surface area contributed by atoms with Gasteiger partial charge in [-0.1, -0.05) is 35.8 Å². The molecule has 6 heteroatoms. The number of carbonyl (C=O) groups is 1. The Morgan fingerprint density at radius 1 is 1.18 bits per heavy atom. The number of piperidine rings is 1. The van der Waals surface area contributed by atoms with E-state index in [4.69, 9.17) is 16.1 Å². The summed E-state index contributed by atoms with van der Waals surface area (Å²) in [5, 5.41) is 4.77. The van der Waals surface area contributed by atoms with Crippen molar-refractivity contribution in [2.75, 3.05) is 13.1 Å². The smallest absolute Gasteiger partial charge is 0.253 e. The van der Waals surface area contributed by atoms with Crippen LogP contribution in [0.3, 0.4) is 0 Å². The molecule has 1 saturated heterocycles. The van der Waals surface area contributed by atoms with Gasteiger partial charge in [-0.15, -0.1) is 0 Å². The van der Waals surface area contributed by atoms with E-state index < -0.39 is 0 Å². The fourth-order valence-corrected chi connectivity index (χ4v) is 3.67. The molecule has 4 rings (SSSR count). The highest BCUT2D eigenvalue weighted by molar-refractivity contribution is 6.30. The second-order valence-electron chi connectivity index (χ2n) is 7.10. The average molecular weight is 396 g/mol. The molecule has 0 bridgehead atoms. The van der Waals surface area contributed by atoms with Crippen LogP contribution in [0, 0.1) is 0 Å². The van der Waals surface area contributed by atoms with Crippen molar-refractivity contribution >= 4 is 17.5 Å². The van der Waals surface area contributed by atoms with E-state index in [0.717, 1.165) is 36.9 Å². The maximum absolute atomic E-state index is 12.9. The van der Waals surface area contributed by atoms with Gasteiger partial charge >= 0.3 is 0 Å². The van der Waals surface area contributed by atoms with E-state index >= 15 is 0 Å². The first-order valence-electron chi connectivity index (χ1n) is 9.62. The molecule has 5 nitrogen and oxygen atoms in total. The number of aryl methyl sites for hydroxylation is 1. The monoisotopic (exact) mass is 395 g/mol. The minimum absolute atomic E-state index is 0.0566. The molecule has 1 fully saturated rings. The van der Waals surface area contributed by atoms with Crippen molar-refractivity contribution in [3.63, 3.8) is 0 Å². The highest BCUT2D eigenvalue weighted by Crippen LogP contribution is 2.28. The van der Waals surface area contributed by atoms with Crippen LogP contribution in [0.2, 0.25) is 5.02 Å². The van der Waals surface area contributed by atoms with Gasteiger partial charge in [0, 0.05) is 29.2 Å². The first-order valence-corrected chi connectivity index (χ1v) is 9.99. The fourth-order valence-electron chi connectivity index (χ4n) is 3.55. The predicted molar refractivity (Wildman–Crippen MR) is 108 cm³/mol. The third-order valence-corrected chi connectivity index (χ3v) is 5.46. The number of benzene rings is 2. The van der Waals surface area contributed by atoms with Crippen molar-refractivity contribution < 1.29 is 9.32 Å². The SMILES string of the molecule is CCc1ccc(C(=O)N2CCC[C@H](c3nc(-c4ccc(Cl)cc4)no3)C2)cc1. The quantitative estimate of drug-likeness (QED) is 0.625. The van der Waals surface area contributed by atoms with E-state index in [0.29, 0.717) is 23.3 Å². The number of hydrogen-bond acceptors (Lipinski definition) is 4. The molecule has 0 radical (unpaired) electrons. The Labute approximate surface area is 169 Å². The lowest BCUT2D eigenvalue weighted by Crippen LogP contribution is -2.39. The van der Waals surface area contributed by atoms with Crippen LogP contribution < -0.4 is 0 Å². The Morgan fingerprint density at radius 3 is 2.64 bits per heavy atom. The molecule has 1 aromatic heterocycles. The summed E-state index contributed by atoms with van der Waals surface area (Å²) in [7, 11) is 0. The summed E-state index contributed by atoms with van der Waals surface area (Å²) in [6.45, 7) is 3.45. The molecular formula is C22H22ClN3O2. The summed E-state index contributed by atoms with van der Waals surface area (Å²) in [6, 6.07) is 15.2. The van der Waals surface area contributed by atoms with Gasteiger partial charge in [0.15, 0.2) is 0 Å². The molecular weight excluding hydrogens is 374 g/mol. The number of amides is 1. The normalized spacial score (nSPS) is 16.9. The molecule has 3 aromatic rings. The van der Waals surface area contributed by atoms with E-state index in [-0.39, 0.29) is 11.8 Å². The third kappa shape index (κ3) is 3.94. The molecule has 0 spiro atoms. The van der Waals surface area contributed by atoms with Crippen molar-refractivity contribution in [1.29, 1.82) is 0 Å². The van der Waals surface area contributed by atoms with Gasteiger partial charge in [0.2, 0.25) is 11.7 Å². The van der Waals surface area contributed by atoms with Crippen molar-refractivity contribution in [2.24, 2.45) is 0 Å². The van der Waals surface area contributed by atoms with Gasteiger partial charge in [-0.2, -0.15) is 4.98 Å². The number of halogens is 1. The number of carbonyl (C=O) groups excluding carboxylic acids is 1. The van der Waals surface area contributed by atoms with Crippen molar-refractivity contribution in [2.45, 2.75) is 32.1 Å². The second-order valence-corrected chi connectivity index (χ2v) is 7.54. The molecule has 0 unspecified atom stereocenters. The fraction of sp³-hybridized carbons (Fsp3) is 0.318. The van der Waals surface area contributed by atoms with Crippen LogP contribution in [-0.2, 0) is 6.42 Å². The summed E-state index contributed by atoms with van der Waals surface area (Å²) in [5.41, 5.74) is 2.82. The van der Waals surface area contributed by atoms with Crippen LogP contribution in [-0.4, -0.2) is 34.0 Å².